The highest BCUT2D eigenvalue weighted by molar-refractivity contribution is 7.11. The van der Waals surface area contributed by atoms with Crippen LogP contribution in [0, 0.1) is 5.41 Å². The van der Waals surface area contributed by atoms with E-state index in [0.29, 0.717) is 34.8 Å². The molecule has 2 N–H and O–H groups in total. The summed E-state index contributed by atoms with van der Waals surface area (Å²) >= 11 is 1.44. The molecule has 0 unspecified atom stereocenters. The first-order valence-corrected chi connectivity index (χ1v) is 10.5. The summed E-state index contributed by atoms with van der Waals surface area (Å²) in [5.74, 6) is 2.04. The number of ether oxygens (including phenoxy) is 2. The number of nitrogens with zero attached hydrogens (tertiary/aromatic N) is 2. The number of nitrogens with one attached hydrogen (secondary N) is 1. The molecule has 1 aliphatic carbocycles. The SMILES string of the molecule is COc1ccc(-c2csc(C3=C(O)CN(C4CCCCC4)C3=N)n2)c(OC)c1. The molecule has 6 nitrogen and oxygen atoms in total. The zero-order valence-corrected chi connectivity index (χ0v) is 17.0. The summed E-state index contributed by atoms with van der Waals surface area (Å²) < 4.78 is 10.7. The maximum Gasteiger partial charge on any atom is 0.135 e. The van der Waals surface area contributed by atoms with Crippen molar-refractivity contribution in [2.75, 3.05) is 20.8 Å². The number of amidine groups is 1. The maximum absolute atomic E-state index is 10.6. The minimum absolute atomic E-state index is 0.248. The van der Waals surface area contributed by atoms with Crippen molar-refractivity contribution in [1.82, 2.24) is 9.88 Å². The van der Waals surface area contributed by atoms with Crippen LogP contribution in [0.2, 0.25) is 0 Å². The van der Waals surface area contributed by atoms with Gasteiger partial charge in [0.05, 0.1) is 32.0 Å². The number of aliphatic hydroxyl groups excluding tert-OH is 1. The van der Waals surface area contributed by atoms with Crippen LogP contribution in [0.15, 0.2) is 29.3 Å². The van der Waals surface area contributed by atoms with Gasteiger partial charge in [-0.2, -0.15) is 0 Å². The predicted octanol–water partition coefficient (Wildman–Crippen LogP) is 4.72. The highest BCUT2D eigenvalue weighted by Crippen LogP contribution is 2.38. The average molecular weight is 400 g/mol. The summed E-state index contributed by atoms with van der Waals surface area (Å²) in [6.45, 7) is 0.416. The standard InChI is InChI=1S/C21H25N3O3S/c1-26-14-8-9-15(18(10-14)27-2)16-12-28-21(23-16)19-17(25)11-24(20(19)22)13-6-4-3-5-7-13/h8-10,12-13,22,25H,3-7,11H2,1-2H3. The van der Waals surface area contributed by atoms with Crippen LogP contribution >= 0.6 is 11.3 Å². The molecule has 1 aromatic carbocycles. The largest absolute Gasteiger partial charge is 0.510 e. The van der Waals surface area contributed by atoms with Crippen molar-refractivity contribution in [2.45, 2.75) is 38.1 Å². The molecule has 4 rings (SSSR count). The first kappa shape index (κ1) is 18.8. The Morgan fingerprint density at radius 3 is 2.68 bits per heavy atom. The first-order chi connectivity index (χ1) is 13.6. The second-order valence-electron chi connectivity index (χ2n) is 7.19. The molecule has 0 atom stereocenters. The minimum atomic E-state index is 0.248. The Balaban J connectivity index is 1.61. The topological polar surface area (TPSA) is 78.7 Å². The van der Waals surface area contributed by atoms with E-state index in [1.54, 1.807) is 14.2 Å². The highest BCUT2D eigenvalue weighted by Gasteiger charge is 2.35. The Labute approximate surface area is 168 Å². The fraction of sp³-hybridized carbons (Fsp3) is 0.429. The molecule has 7 heteroatoms. The van der Waals surface area contributed by atoms with Gasteiger partial charge in [-0.1, -0.05) is 19.3 Å². The molecular weight excluding hydrogens is 374 g/mol. The summed E-state index contributed by atoms with van der Waals surface area (Å²) in [7, 11) is 3.24. The molecule has 1 aliphatic heterocycles. The van der Waals surface area contributed by atoms with Crippen molar-refractivity contribution in [2.24, 2.45) is 0 Å². The van der Waals surface area contributed by atoms with E-state index < -0.39 is 0 Å². The first-order valence-electron chi connectivity index (χ1n) is 9.58. The zero-order chi connectivity index (χ0) is 19.7. The molecule has 0 bridgehead atoms. The minimum Gasteiger partial charge on any atom is -0.510 e. The molecular formula is C21H25N3O3S. The van der Waals surface area contributed by atoms with Gasteiger partial charge >= 0.3 is 0 Å². The molecule has 2 heterocycles. The predicted molar refractivity (Wildman–Crippen MR) is 112 cm³/mol. The van der Waals surface area contributed by atoms with Crippen molar-refractivity contribution < 1.29 is 14.6 Å². The number of rotatable bonds is 5. The molecule has 0 radical (unpaired) electrons. The van der Waals surface area contributed by atoms with Crippen molar-refractivity contribution in [3.63, 3.8) is 0 Å². The number of benzene rings is 1. The third-order valence-electron chi connectivity index (χ3n) is 5.55. The van der Waals surface area contributed by atoms with E-state index >= 15 is 0 Å². The second-order valence-corrected chi connectivity index (χ2v) is 8.05. The fourth-order valence-electron chi connectivity index (χ4n) is 4.05. The molecule has 0 spiro atoms. The van der Waals surface area contributed by atoms with Crippen LogP contribution in [0.1, 0.15) is 37.1 Å². The molecule has 1 aromatic heterocycles. The Hall–Kier alpha value is -2.54. The van der Waals surface area contributed by atoms with Gasteiger partial charge in [-0.05, 0) is 25.0 Å². The van der Waals surface area contributed by atoms with Crippen LogP contribution in [0.5, 0.6) is 11.5 Å². The fourth-order valence-corrected chi connectivity index (χ4v) is 4.94. The lowest BCUT2D eigenvalue weighted by Crippen LogP contribution is -2.38. The Bertz CT molecular complexity index is 915. The van der Waals surface area contributed by atoms with Crippen LogP contribution < -0.4 is 9.47 Å². The highest BCUT2D eigenvalue weighted by atomic mass is 32.1. The van der Waals surface area contributed by atoms with Gasteiger partial charge < -0.3 is 19.5 Å². The van der Waals surface area contributed by atoms with Gasteiger partial charge in [0, 0.05) is 23.1 Å². The van der Waals surface area contributed by atoms with E-state index in [1.807, 2.05) is 28.5 Å². The lowest BCUT2D eigenvalue weighted by Gasteiger charge is -2.32. The quantitative estimate of drug-likeness (QED) is 0.760. The Morgan fingerprint density at radius 2 is 1.96 bits per heavy atom. The molecule has 0 saturated heterocycles. The maximum atomic E-state index is 10.6. The van der Waals surface area contributed by atoms with Gasteiger partial charge in [-0.3, -0.25) is 5.41 Å². The van der Waals surface area contributed by atoms with E-state index in [4.69, 9.17) is 19.9 Å². The molecule has 28 heavy (non-hydrogen) atoms. The third-order valence-corrected chi connectivity index (χ3v) is 6.41. The zero-order valence-electron chi connectivity index (χ0n) is 16.2. The third kappa shape index (κ3) is 3.35. The van der Waals surface area contributed by atoms with E-state index in [2.05, 4.69) is 0 Å². The van der Waals surface area contributed by atoms with Gasteiger partial charge in [-0.15, -0.1) is 11.3 Å². The van der Waals surface area contributed by atoms with Crippen LogP contribution in [-0.4, -0.2) is 47.6 Å². The Morgan fingerprint density at radius 1 is 1.18 bits per heavy atom. The van der Waals surface area contributed by atoms with Crippen LogP contribution in [0.3, 0.4) is 0 Å². The van der Waals surface area contributed by atoms with Gasteiger partial charge in [0.2, 0.25) is 0 Å². The van der Waals surface area contributed by atoms with Crippen LogP contribution in [-0.2, 0) is 0 Å². The Kier molecular flexibility index (Phi) is 5.26. The summed E-state index contributed by atoms with van der Waals surface area (Å²) in [4.78, 5) is 6.76. The summed E-state index contributed by atoms with van der Waals surface area (Å²) in [5.41, 5.74) is 2.19. The average Bonchev–Trinajstić information content (AvgIpc) is 3.32. The van der Waals surface area contributed by atoms with Gasteiger partial charge in [0.25, 0.3) is 0 Å². The monoisotopic (exact) mass is 399 g/mol. The van der Waals surface area contributed by atoms with E-state index in [9.17, 15) is 5.11 Å². The number of hydrogen-bond acceptors (Lipinski definition) is 6. The smallest absolute Gasteiger partial charge is 0.135 e. The normalized spacial score (nSPS) is 18.1. The molecule has 0 amide bonds. The molecule has 1 fully saturated rings. The number of thiazole rings is 1. The van der Waals surface area contributed by atoms with Crippen molar-refractivity contribution in [1.29, 1.82) is 5.41 Å². The van der Waals surface area contributed by atoms with Crippen LogP contribution in [0.4, 0.5) is 0 Å². The molecule has 148 valence electrons. The number of hydrogen-bond donors (Lipinski definition) is 2. The van der Waals surface area contributed by atoms with E-state index in [0.717, 1.165) is 29.8 Å². The van der Waals surface area contributed by atoms with Crippen molar-refractivity contribution >= 4 is 22.7 Å². The summed E-state index contributed by atoms with van der Waals surface area (Å²) in [5, 5.41) is 21.8. The van der Waals surface area contributed by atoms with E-state index in [1.165, 1.54) is 30.6 Å². The number of aromatic nitrogens is 1. The van der Waals surface area contributed by atoms with Gasteiger partial charge in [0.1, 0.15) is 28.1 Å². The van der Waals surface area contributed by atoms with Crippen LogP contribution in [0.25, 0.3) is 16.8 Å². The number of methoxy groups -OCH3 is 2. The summed E-state index contributed by atoms with van der Waals surface area (Å²) in [6.07, 6.45) is 5.85. The van der Waals surface area contributed by atoms with Gasteiger partial charge in [0.15, 0.2) is 0 Å². The molecule has 2 aliphatic rings. The lowest BCUT2D eigenvalue weighted by molar-refractivity contribution is 0.241. The number of aliphatic hydroxyl groups is 1. The molecule has 2 aromatic rings. The lowest BCUT2D eigenvalue weighted by atomic mass is 9.94. The summed E-state index contributed by atoms with van der Waals surface area (Å²) in [6, 6.07) is 5.96. The van der Waals surface area contributed by atoms with E-state index in [-0.39, 0.29) is 5.76 Å². The van der Waals surface area contributed by atoms with Gasteiger partial charge in [-0.25, -0.2) is 4.98 Å². The van der Waals surface area contributed by atoms with Crippen molar-refractivity contribution in [3.8, 4) is 22.8 Å². The van der Waals surface area contributed by atoms with Crippen molar-refractivity contribution in [3.05, 3.63) is 34.3 Å². The molecule has 1 saturated carbocycles. The second kappa shape index (κ2) is 7.83.